The summed E-state index contributed by atoms with van der Waals surface area (Å²) in [5.41, 5.74) is 2.00. The Morgan fingerprint density at radius 2 is 1.57 bits per heavy atom. The second-order valence-corrected chi connectivity index (χ2v) is 11.7. The molecule has 0 aliphatic heterocycles. The lowest BCUT2D eigenvalue weighted by molar-refractivity contribution is -0.139. The number of halogens is 2. The van der Waals surface area contributed by atoms with Crippen molar-refractivity contribution < 1.29 is 18.0 Å². The molecule has 0 fully saturated rings. The molecule has 2 amide bonds. The number of rotatable bonds is 10. The van der Waals surface area contributed by atoms with E-state index in [1.54, 1.807) is 74.5 Å². The van der Waals surface area contributed by atoms with E-state index in [1.807, 2.05) is 6.92 Å². The highest BCUT2D eigenvalue weighted by Crippen LogP contribution is 2.26. The van der Waals surface area contributed by atoms with E-state index < -0.39 is 28.5 Å². The fourth-order valence-electron chi connectivity index (χ4n) is 3.66. The van der Waals surface area contributed by atoms with Gasteiger partial charge in [0.2, 0.25) is 11.8 Å². The predicted molar refractivity (Wildman–Crippen MR) is 150 cm³/mol. The predicted octanol–water partition coefficient (Wildman–Crippen LogP) is 5.16. The molecule has 3 aromatic rings. The molecular weight excluding hydrogens is 578 g/mol. The Balaban J connectivity index is 2.01. The van der Waals surface area contributed by atoms with Crippen molar-refractivity contribution in [2.45, 2.75) is 38.3 Å². The van der Waals surface area contributed by atoms with Crippen LogP contribution < -0.4 is 9.62 Å². The van der Waals surface area contributed by atoms with Crippen molar-refractivity contribution in [3.05, 3.63) is 93.4 Å². The van der Waals surface area contributed by atoms with Crippen LogP contribution in [0.5, 0.6) is 0 Å². The van der Waals surface area contributed by atoms with Crippen LogP contribution in [-0.4, -0.2) is 44.3 Å². The lowest BCUT2D eigenvalue weighted by atomic mass is 10.1. The maximum absolute atomic E-state index is 13.8. The molecule has 196 valence electrons. The number of benzene rings is 3. The molecule has 0 heterocycles. The Morgan fingerprint density at radius 1 is 0.973 bits per heavy atom. The van der Waals surface area contributed by atoms with Crippen LogP contribution in [0.3, 0.4) is 0 Å². The zero-order valence-corrected chi connectivity index (χ0v) is 24.0. The maximum atomic E-state index is 13.8. The minimum Gasteiger partial charge on any atom is -0.355 e. The first-order chi connectivity index (χ1) is 17.5. The molecule has 0 aliphatic rings. The fourth-order valence-corrected chi connectivity index (χ4v) is 5.47. The average molecular weight is 607 g/mol. The highest BCUT2D eigenvalue weighted by atomic mass is 79.9. The number of aryl methyl sites for hydroxylation is 1. The van der Waals surface area contributed by atoms with Gasteiger partial charge in [-0.15, -0.1) is 0 Å². The number of nitrogens with zero attached hydrogens (tertiary/aromatic N) is 2. The molecule has 0 unspecified atom stereocenters. The highest BCUT2D eigenvalue weighted by molar-refractivity contribution is 9.10. The third-order valence-corrected chi connectivity index (χ3v) is 8.36. The van der Waals surface area contributed by atoms with Crippen molar-refractivity contribution in [1.82, 2.24) is 10.2 Å². The number of likely N-dealkylation sites (N-methyl/N-ethyl adjacent to an activating group) is 1. The molecule has 1 N–H and O–H groups in total. The summed E-state index contributed by atoms with van der Waals surface area (Å²) in [5, 5.41) is 3.28. The maximum Gasteiger partial charge on any atom is 0.264 e. The summed E-state index contributed by atoms with van der Waals surface area (Å²) in [6.07, 6.45) is 0. The molecule has 37 heavy (non-hydrogen) atoms. The summed E-state index contributed by atoms with van der Waals surface area (Å²) >= 11 is 9.38. The second-order valence-electron chi connectivity index (χ2n) is 8.52. The number of sulfonamides is 1. The molecule has 3 aromatic carbocycles. The first-order valence-electron chi connectivity index (χ1n) is 11.7. The van der Waals surface area contributed by atoms with Gasteiger partial charge in [-0.3, -0.25) is 13.9 Å². The van der Waals surface area contributed by atoms with Crippen LogP contribution in [0.2, 0.25) is 5.02 Å². The van der Waals surface area contributed by atoms with Gasteiger partial charge < -0.3 is 10.2 Å². The highest BCUT2D eigenvalue weighted by Gasteiger charge is 2.32. The van der Waals surface area contributed by atoms with Gasteiger partial charge in [0.1, 0.15) is 12.6 Å². The van der Waals surface area contributed by atoms with E-state index in [9.17, 15) is 18.0 Å². The summed E-state index contributed by atoms with van der Waals surface area (Å²) in [6.45, 7) is 5.29. The molecule has 10 heteroatoms. The largest absolute Gasteiger partial charge is 0.355 e. The van der Waals surface area contributed by atoms with Crippen molar-refractivity contribution in [3.63, 3.8) is 0 Å². The zero-order valence-electron chi connectivity index (χ0n) is 20.8. The summed E-state index contributed by atoms with van der Waals surface area (Å²) in [6, 6.07) is 19.2. The SMILES string of the molecule is CCNC(=O)[C@@H](C)N(Cc1ccc(Cl)cc1)C(=O)CN(c1ccc(Br)cc1)S(=O)(=O)c1ccc(C)cc1. The fraction of sp³-hybridized carbons (Fsp3) is 0.259. The van der Waals surface area contributed by atoms with Crippen LogP contribution in [0.4, 0.5) is 5.69 Å². The zero-order chi connectivity index (χ0) is 27.2. The van der Waals surface area contributed by atoms with Gasteiger partial charge in [0, 0.05) is 22.6 Å². The van der Waals surface area contributed by atoms with Crippen molar-refractivity contribution in [1.29, 1.82) is 0 Å². The molecule has 0 bridgehead atoms. The minimum absolute atomic E-state index is 0.0647. The molecule has 7 nitrogen and oxygen atoms in total. The molecule has 0 saturated carbocycles. The van der Waals surface area contributed by atoms with Gasteiger partial charge in [-0.25, -0.2) is 8.42 Å². The number of hydrogen-bond donors (Lipinski definition) is 1. The van der Waals surface area contributed by atoms with E-state index in [-0.39, 0.29) is 17.3 Å². The van der Waals surface area contributed by atoms with Gasteiger partial charge in [0.25, 0.3) is 10.0 Å². The smallest absolute Gasteiger partial charge is 0.264 e. The van der Waals surface area contributed by atoms with Gasteiger partial charge >= 0.3 is 0 Å². The van der Waals surface area contributed by atoms with Crippen molar-refractivity contribution in [2.75, 3.05) is 17.4 Å². The number of anilines is 1. The monoisotopic (exact) mass is 605 g/mol. The van der Waals surface area contributed by atoms with E-state index >= 15 is 0 Å². The number of nitrogens with one attached hydrogen (secondary N) is 1. The lowest BCUT2D eigenvalue weighted by Crippen LogP contribution is -2.51. The van der Waals surface area contributed by atoms with E-state index in [1.165, 1.54) is 17.0 Å². The van der Waals surface area contributed by atoms with Gasteiger partial charge in [0.15, 0.2) is 0 Å². The number of carbonyl (C=O) groups excluding carboxylic acids is 2. The standard InChI is InChI=1S/C27H29BrClN3O4S/c1-4-30-27(34)20(3)31(17-21-7-11-23(29)12-8-21)26(33)18-32(24-13-9-22(28)10-14-24)37(35,36)25-15-5-19(2)6-16-25/h5-16,20H,4,17-18H2,1-3H3,(H,30,34)/t20-/m1/s1. The normalized spacial score (nSPS) is 12.0. The molecule has 3 rings (SSSR count). The first kappa shape index (κ1) is 28.7. The van der Waals surface area contributed by atoms with Gasteiger partial charge in [0.05, 0.1) is 10.6 Å². The molecule has 0 saturated heterocycles. The molecular formula is C27H29BrClN3O4S. The third kappa shape index (κ3) is 7.34. The second kappa shape index (κ2) is 12.6. The van der Waals surface area contributed by atoms with Gasteiger partial charge in [-0.1, -0.05) is 57.4 Å². The number of hydrogen-bond acceptors (Lipinski definition) is 4. The average Bonchev–Trinajstić information content (AvgIpc) is 2.87. The van der Waals surface area contributed by atoms with Crippen LogP contribution in [-0.2, 0) is 26.2 Å². The summed E-state index contributed by atoms with van der Waals surface area (Å²) in [4.78, 5) is 27.9. The quantitative estimate of drug-likeness (QED) is 0.346. The summed E-state index contributed by atoms with van der Waals surface area (Å²) in [7, 11) is -4.09. The molecule has 0 aromatic heterocycles. The Hall–Kier alpha value is -2.88. The van der Waals surface area contributed by atoms with Crippen LogP contribution in [0.1, 0.15) is 25.0 Å². The Morgan fingerprint density at radius 3 is 2.14 bits per heavy atom. The number of carbonyl (C=O) groups is 2. The minimum atomic E-state index is -4.09. The van der Waals surface area contributed by atoms with Crippen molar-refractivity contribution in [2.24, 2.45) is 0 Å². The van der Waals surface area contributed by atoms with Crippen LogP contribution >= 0.6 is 27.5 Å². The first-order valence-corrected chi connectivity index (χ1v) is 14.3. The third-order valence-electron chi connectivity index (χ3n) is 5.79. The van der Waals surface area contributed by atoms with Crippen LogP contribution in [0.15, 0.2) is 82.2 Å². The topological polar surface area (TPSA) is 86.8 Å². The number of amides is 2. The molecule has 1 atom stereocenters. The summed E-state index contributed by atoms with van der Waals surface area (Å²) < 4.78 is 29.3. The summed E-state index contributed by atoms with van der Waals surface area (Å²) in [5.74, 6) is -0.853. The Bertz CT molecular complexity index is 1330. The van der Waals surface area contributed by atoms with E-state index in [4.69, 9.17) is 11.6 Å². The molecule has 0 spiro atoms. The van der Waals surface area contributed by atoms with Crippen molar-refractivity contribution >= 4 is 55.1 Å². The molecule has 0 aliphatic carbocycles. The van der Waals surface area contributed by atoms with E-state index in [2.05, 4.69) is 21.2 Å². The van der Waals surface area contributed by atoms with Crippen molar-refractivity contribution in [3.8, 4) is 0 Å². The Labute approximate surface area is 231 Å². The lowest BCUT2D eigenvalue weighted by Gasteiger charge is -2.32. The van der Waals surface area contributed by atoms with Gasteiger partial charge in [-0.2, -0.15) is 0 Å². The van der Waals surface area contributed by atoms with E-state index in [0.29, 0.717) is 17.3 Å². The molecule has 0 radical (unpaired) electrons. The Kier molecular flexibility index (Phi) is 9.75. The van der Waals surface area contributed by atoms with Crippen LogP contribution in [0, 0.1) is 6.92 Å². The van der Waals surface area contributed by atoms with E-state index in [0.717, 1.165) is 19.9 Å². The van der Waals surface area contributed by atoms with Gasteiger partial charge in [-0.05, 0) is 74.9 Å². The van der Waals surface area contributed by atoms with Crippen LogP contribution in [0.25, 0.3) is 0 Å².